The van der Waals surface area contributed by atoms with Crippen LogP contribution in [0.1, 0.15) is 36.5 Å². The molecular formula is C30H27F2NO3. The summed E-state index contributed by atoms with van der Waals surface area (Å²) in [6.07, 6.45) is 3.29. The molecular weight excluding hydrogens is 460 g/mol. The first-order chi connectivity index (χ1) is 17.6. The van der Waals surface area contributed by atoms with Crippen LogP contribution in [0, 0.1) is 11.6 Å². The summed E-state index contributed by atoms with van der Waals surface area (Å²) in [7, 11) is 0. The van der Waals surface area contributed by atoms with Crippen molar-refractivity contribution in [3.63, 3.8) is 0 Å². The number of ether oxygens (including phenoxy) is 2. The van der Waals surface area contributed by atoms with Crippen LogP contribution in [0.25, 0.3) is 21.9 Å². The van der Waals surface area contributed by atoms with Crippen LogP contribution in [-0.2, 0) is 0 Å². The Balaban J connectivity index is 1.33. The van der Waals surface area contributed by atoms with Crippen LogP contribution in [0.5, 0.6) is 17.2 Å². The number of likely N-dealkylation sites (tertiary alicyclic amines) is 1. The van der Waals surface area contributed by atoms with Gasteiger partial charge in [0.25, 0.3) is 0 Å². The van der Waals surface area contributed by atoms with E-state index in [0.717, 1.165) is 58.9 Å². The van der Waals surface area contributed by atoms with Gasteiger partial charge in [-0.1, -0.05) is 36.8 Å². The third-order valence-corrected chi connectivity index (χ3v) is 7.17. The van der Waals surface area contributed by atoms with Crippen LogP contribution in [0.4, 0.5) is 8.78 Å². The molecule has 0 radical (unpaired) electrons. The predicted octanol–water partition coefficient (Wildman–Crippen LogP) is 6.84. The van der Waals surface area contributed by atoms with Crippen LogP contribution in [0.15, 0.2) is 66.7 Å². The van der Waals surface area contributed by atoms with Gasteiger partial charge in [0.15, 0.2) is 17.7 Å². The third kappa shape index (κ3) is 4.26. The van der Waals surface area contributed by atoms with Crippen LogP contribution in [0.3, 0.4) is 0 Å². The molecule has 1 unspecified atom stereocenters. The largest absolute Gasteiger partial charge is 0.508 e. The molecule has 4 aromatic carbocycles. The first-order valence-corrected chi connectivity index (χ1v) is 12.4. The summed E-state index contributed by atoms with van der Waals surface area (Å²) in [4.78, 5) is 2.44. The van der Waals surface area contributed by atoms with E-state index in [-0.39, 0.29) is 5.75 Å². The molecule has 4 nitrogen and oxygen atoms in total. The number of halogens is 2. The van der Waals surface area contributed by atoms with E-state index in [1.54, 1.807) is 12.1 Å². The number of phenols is 1. The maximum absolute atomic E-state index is 14.2. The number of phenolic OH excluding ortho intramolecular Hbond substituents is 1. The summed E-state index contributed by atoms with van der Waals surface area (Å²) in [5.41, 5.74) is 3.01. The lowest BCUT2D eigenvalue weighted by Gasteiger charge is -2.30. The van der Waals surface area contributed by atoms with Gasteiger partial charge < -0.3 is 14.6 Å². The van der Waals surface area contributed by atoms with Gasteiger partial charge in [-0.25, -0.2) is 8.78 Å². The van der Waals surface area contributed by atoms with E-state index in [2.05, 4.69) is 4.90 Å². The maximum atomic E-state index is 14.2. The third-order valence-electron chi connectivity index (χ3n) is 7.17. The molecule has 1 saturated heterocycles. The van der Waals surface area contributed by atoms with Gasteiger partial charge in [0.2, 0.25) is 0 Å². The Morgan fingerprint density at radius 1 is 0.861 bits per heavy atom. The number of nitrogens with zero attached hydrogens (tertiary/aromatic N) is 1. The lowest BCUT2D eigenvalue weighted by atomic mass is 9.86. The van der Waals surface area contributed by atoms with E-state index in [0.29, 0.717) is 17.9 Å². The van der Waals surface area contributed by atoms with Crippen molar-refractivity contribution in [2.45, 2.75) is 25.4 Å². The first-order valence-electron chi connectivity index (χ1n) is 12.4. The normalized spacial score (nSPS) is 17.3. The van der Waals surface area contributed by atoms with E-state index in [9.17, 15) is 13.9 Å². The van der Waals surface area contributed by atoms with Crippen molar-refractivity contribution in [3.8, 4) is 28.4 Å². The van der Waals surface area contributed by atoms with Crippen molar-refractivity contribution in [3.05, 3.63) is 89.5 Å². The Labute approximate surface area is 208 Å². The highest BCUT2D eigenvalue weighted by Gasteiger charge is 2.30. The Morgan fingerprint density at radius 2 is 1.64 bits per heavy atom. The number of benzene rings is 4. The molecule has 0 amide bonds. The van der Waals surface area contributed by atoms with Crippen molar-refractivity contribution in [1.82, 2.24) is 4.90 Å². The Kier molecular flexibility index (Phi) is 5.97. The second-order valence-corrected chi connectivity index (χ2v) is 9.51. The minimum Gasteiger partial charge on any atom is -0.508 e. The number of piperidine rings is 1. The summed E-state index contributed by atoms with van der Waals surface area (Å²) in [6.45, 7) is 3.82. The molecule has 0 saturated carbocycles. The highest BCUT2D eigenvalue weighted by Crippen LogP contribution is 2.48. The van der Waals surface area contributed by atoms with Gasteiger partial charge in [0.05, 0.1) is 0 Å². The van der Waals surface area contributed by atoms with Gasteiger partial charge in [0, 0.05) is 23.7 Å². The Hall–Kier alpha value is -3.64. The summed E-state index contributed by atoms with van der Waals surface area (Å²) >= 11 is 0. The predicted molar refractivity (Wildman–Crippen MR) is 136 cm³/mol. The summed E-state index contributed by atoms with van der Waals surface area (Å²) in [5.74, 6) is -0.623. The first kappa shape index (κ1) is 22.8. The van der Waals surface area contributed by atoms with Gasteiger partial charge in [0.1, 0.15) is 23.9 Å². The average molecular weight is 488 g/mol. The number of hydrogen-bond acceptors (Lipinski definition) is 4. The molecule has 1 atom stereocenters. The monoisotopic (exact) mass is 487 g/mol. The lowest BCUT2D eigenvalue weighted by molar-refractivity contribution is 0.183. The van der Waals surface area contributed by atoms with Crippen molar-refractivity contribution in [2.24, 2.45) is 0 Å². The molecule has 4 aromatic rings. The SMILES string of the molecule is Oc1ccc2c3c(ccc2c1)-c1cc(F)c(F)cc1OC3c1ccc(OCCN2CCCCC2)cc1. The second kappa shape index (κ2) is 9.43. The van der Waals surface area contributed by atoms with Crippen LogP contribution in [-0.4, -0.2) is 36.2 Å². The quantitative estimate of drug-likeness (QED) is 0.335. The zero-order valence-corrected chi connectivity index (χ0v) is 19.8. The minimum absolute atomic E-state index is 0.162. The fraction of sp³-hybridized carbons (Fsp3) is 0.267. The van der Waals surface area contributed by atoms with Crippen molar-refractivity contribution >= 4 is 10.8 Å². The van der Waals surface area contributed by atoms with Crippen LogP contribution >= 0.6 is 0 Å². The van der Waals surface area contributed by atoms with E-state index >= 15 is 0 Å². The van der Waals surface area contributed by atoms with Crippen LogP contribution in [0.2, 0.25) is 0 Å². The molecule has 2 aliphatic rings. The molecule has 1 N–H and O–H groups in total. The fourth-order valence-corrected chi connectivity index (χ4v) is 5.33. The van der Waals surface area contributed by atoms with Crippen molar-refractivity contribution in [1.29, 1.82) is 0 Å². The van der Waals surface area contributed by atoms with Crippen molar-refractivity contribution in [2.75, 3.05) is 26.2 Å². The van der Waals surface area contributed by atoms with E-state index in [1.165, 1.54) is 25.3 Å². The molecule has 6 rings (SSSR count). The van der Waals surface area contributed by atoms with E-state index < -0.39 is 17.7 Å². The molecule has 184 valence electrons. The summed E-state index contributed by atoms with van der Waals surface area (Å²) < 4.78 is 40.6. The number of fused-ring (bicyclic) bond motifs is 5. The van der Waals surface area contributed by atoms with Crippen LogP contribution < -0.4 is 9.47 Å². The zero-order valence-electron chi connectivity index (χ0n) is 19.8. The van der Waals surface area contributed by atoms with E-state index in [4.69, 9.17) is 9.47 Å². The molecule has 0 spiro atoms. The smallest absolute Gasteiger partial charge is 0.162 e. The standard InChI is InChI=1S/C30H27F2NO3/c31-26-17-25-24-10-6-20-16-21(34)7-11-23(20)29(24)30(36-28(25)18-27(26)32)19-4-8-22(9-5-19)35-15-14-33-12-2-1-3-13-33/h4-11,16-18,30,34H,1-3,12-15H2. The van der Waals surface area contributed by atoms with E-state index in [1.807, 2.05) is 42.5 Å². The Morgan fingerprint density at radius 3 is 2.44 bits per heavy atom. The maximum Gasteiger partial charge on any atom is 0.162 e. The second-order valence-electron chi connectivity index (χ2n) is 9.51. The van der Waals surface area contributed by atoms with Gasteiger partial charge >= 0.3 is 0 Å². The average Bonchev–Trinajstić information content (AvgIpc) is 2.90. The lowest BCUT2D eigenvalue weighted by Crippen LogP contribution is -2.33. The van der Waals surface area contributed by atoms with Gasteiger partial charge in [-0.2, -0.15) is 0 Å². The minimum atomic E-state index is -0.945. The summed E-state index contributed by atoms with van der Waals surface area (Å²) in [6, 6.07) is 18.9. The molecule has 0 aliphatic carbocycles. The van der Waals surface area contributed by atoms with Gasteiger partial charge in [-0.05, 0) is 78.2 Å². The van der Waals surface area contributed by atoms with Gasteiger partial charge in [-0.3, -0.25) is 4.90 Å². The molecule has 0 bridgehead atoms. The number of hydrogen-bond donors (Lipinski definition) is 1. The fourth-order valence-electron chi connectivity index (χ4n) is 5.33. The molecule has 2 aliphatic heterocycles. The highest BCUT2D eigenvalue weighted by molar-refractivity contribution is 5.95. The number of aromatic hydroxyl groups is 1. The summed E-state index contributed by atoms with van der Waals surface area (Å²) in [5, 5.41) is 11.7. The molecule has 36 heavy (non-hydrogen) atoms. The molecule has 6 heteroatoms. The Bertz CT molecular complexity index is 1410. The molecule has 0 aromatic heterocycles. The zero-order chi connectivity index (χ0) is 24.6. The van der Waals surface area contributed by atoms with Crippen molar-refractivity contribution < 1.29 is 23.4 Å². The number of rotatable bonds is 5. The molecule has 1 fully saturated rings. The molecule has 2 heterocycles. The topological polar surface area (TPSA) is 41.9 Å². The highest BCUT2D eigenvalue weighted by atomic mass is 19.2. The van der Waals surface area contributed by atoms with Gasteiger partial charge in [-0.15, -0.1) is 0 Å².